The van der Waals surface area contributed by atoms with Crippen LogP contribution in [0.3, 0.4) is 0 Å². The summed E-state index contributed by atoms with van der Waals surface area (Å²) in [6.45, 7) is 0. The molecule has 31 rings (SSSR count). The van der Waals surface area contributed by atoms with Crippen molar-refractivity contribution in [2.24, 2.45) is 0 Å². The van der Waals surface area contributed by atoms with Gasteiger partial charge in [0.15, 0.2) is 0 Å². The minimum atomic E-state index is -0.428. The maximum absolute atomic E-state index is 9.21. The van der Waals surface area contributed by atoms with E-state index in [0.29, 0.717) is 38.8 Å². The molecule has 0 N–H and O–H groups in total. The van der Waals surface area contributed by atoms with E-state index in [1.165, 1.54) is 202 Å². The molecular formula is C146H92O2. The van der Waals surface area contributed by atoms with E-state index in [-0.39, 0.29) is 45.7 Å². The molecule has 0 fully saturated rings. The smallest absolute Gasteiger partial charge is 0.136 e. The predicted molar refractivity (Wildman–Crippen MR) is 634 cm³/mol. The molecule has 0 bridgehead atoms. The second-order valence-electron chi connectivity index (χ2n) is 38.2. The van der Waals surface area contributed by atoms with E-state index in [2.05, 4.69) is 425 Å². The summed E-state index contributed by atoms with van der Waals surface area (Å²) >= 11 is 0. The lowest BCUT2D eigenvalue weighted by Gasteiger charge is -2.19. The zero-order valence-electron chi connectivity index (χ0n) is 88.3. The number of fused-ring (bicyclic) bond motifs is 21. The summed E-state index contributed by atoms with van der Waals surface area (Å²) in [6, 6.07) is 177. The highest BCUT2D eigenvalue weighted by molar-refractivity contribution is 6.31. The molecule has 148 heavy (non-hydrogen) atoms. The second-order valence-corrected chi connectivity index (χ2v) is 38.2. The summed E-state index contributed by atoms with van der Waals surface area (Å²) in [5.41, 5.74) is 22.5. The molecule has 2 aromatic heterocycles. The highest BCUT2D eigenvalue weighted by Crippen LogP contribution is 2.54. The van der Waals surface area contributed by atoms with Gasteiger partial charge < -0.3 is 8.83 Å². The monoisotopic (exact) mass is 1880 g/mol. The van der Waals surface area contributed by atoms with Gasteiger partial charge in [0.05, 0.1) is 11.0 Å². The molecule has 2 nitrogen and oxygen atoms in total. The quantitative estimate of drug-likeness (QED) is 0.106. The zero-order chi connectivity index (χ0) is 105. The van der Waals surface area contributed by atoms with Crippen LogP contribution in [0.15, 0.2) is 567 Å². The average Bonchev–Trinajstić information content (AvgIpc) is 0.896. The van der Waals surface area contributed by atoms with Gasteiger partial charge in [-0.25, -0.2) is 0 Å². The van der Waals surface area contributed by atoms with E-state index in [4.69, 9.17) is 17.1 Å². The summed E-state index contributed by atoms with van der Waals surface area (Å²) in [4.78, 5) is 0. The Hall–Kier alpha value is -19.4. The molecule has 0 spiro atoms. The van der Waals surface area contributed by atoms with Gasteiger partial charge in [-0.3, -0.25) is 0 Å². The molecule has 31 aromatic rings. The average molecular weight is 1890 g/mol. The predicted octanol–water partition coefficient (Wildman–Crippen LogP) is 41.7. The van der Waals surface area contributed by atoms with E-state index in [1.54, 1.807) is 30.3 Å². The minimum Gasteiger partial charge on any atom is -0.456 e. The summed E-state index contributed by atoms with van der Waals surface area (Å²) in [6.07, 6.45) is 0. The van der Waals surface area contributed by atoms with Crippen molar-refractivity contribution in [2.75, 3.05) is 0 Å². The van der Waals surface area contributed by atoms with Crippen molar-refractivity contribution in [3.63, 3.8) is 0 Å². The van der Waals surface area contributed by atoms with Gasteiger partial charge in [0, 0.05) is 21.5 Å². The van der Waals surface area contributed by atoms with Gasteiger partial charge in [-0.05, 0) is 299 Å². The summed E-state index contributed by atoms with van der Waals surface area (Å²) < 4.78 is 84.0. The van der Waals surface area contributed by atoms with Gasteiger partial charge in [-0.1, -0.05) is 509 Å². The Labute approximate surface area is 866 Å². The normalized spacial score (nSPS) is 12.4. The Balaban J connectivity index is 0.0000000990. The van der Waals surface area contributed by atoms with Crippen molar-refractivity contribution < 1.29 is 19.8 Å². The summed E-state index contributed by atoms with van der Waals surface area (Å²) in [5.74, 6) is 0. The van der Waals surface area contributed by atoms with Crippen LogP contribution in [-0.4, -0.2) is 0 Å². The molecule has 0 radical (unpaired) electrons. The molecule has 0 saturated heterocycles. The fourth-order valence-electron chi connectivity index (χ4n) is 23.5. The van der Waals surface area contributed by atoms with E-state index in [1.807, 2.05) is 54.6 Å². The number of furan rings is 2. The standard InChI is InChI=1S/C38H24.2C36H22O.C36H24/c1-2-12-26-23-28(22-21-25(26)11-1)37-32-17-7-9-19-34(32)38(35-20-10-8-18-33(35)37)36-24-27-13-3-4-14-29(27)30-15-5-6-16-31(30)36;2*1-2-11-23(12-3-1)34-26-15-6-8-17-28(26)35(29-18-9-7-16-27(29)34)30-19-10-20-32-36(30)31-21-24-13-4-5-14-25(24)22-33(31)37-32;1-2-11-25(12-3-1)26-21-23-28(24-22-26)35-31-16-6-8-18-33(31)36(34-19-9-7-17-32(34)35)30-20-10-14-27-13-4-5-15-29(27)30/h1-24H;2*1-22H;1-24H/i;6D,7D,8D,9D,15D,16D,17D,18D;;. The van der Waals surface area contributed by atoms with E-state index >= 15 is 0 Å². The van der Waals surface area contributed by atoms with Crippen molar-refractivity contribution in [1.82, 2.24) is 0 Å². The van der Waals surface area contributed by atoms with E-state index < -0.39 is 24.2 Å². The van der Waals surface area contributed by atoms with Gasteiger partial charge in [0.2, 0.25) is 0 Å². The highest BCUT2D eigenvalue weighted by Gasteiger charge is 2.27. The second kappa shape index (κ2) is 36.5. The Morgan fingerprint density at radius 1 is 0.122 bits per heavy atom. The van der Waals surface area contributed by atoms with Gasteiger partial charge >= 0.3 is 0 Å². The van der Waals surface area contributed by atoms with Gasteiger partial charge in [0.25, 0.3) is 0 Å². The Kier molecular flexibility index (Phi) is 19.3. The molecule has 0 unspecified atom stereocenters. The minimum absolute atomic E-state index is 0.181. The first-order valence-corrected chi connectivity index (χ1v) is 50.4. The van der Waals surface area contributed by atoms with Crippen LogP contribution in [0.4, 0.5) is 0 Å². The molecule has 29 aromatic carbocycles. The van der Waals surface area contributed by atoms with Crippen molar-refractivity contribution in [2.45, 2.75) is 0 Å². The van der Waals surface area contributed by atoms with Crippen LogP contribution in [0.25, 0.3) is 295 Å². The molecule has 0 aliphatic rings. The molecule has 0 amide bonds. The van der Waals surface area contributed by atoms with Gasteiger partial charge in [0.1, 0.15) is 22.3 Å². The number of rotatable bonds is 9. The first-order chi connectivity index (χ1) is 76.8. The maximum Gasteiger partial charge on any atom is 0.136 e. The lowest BCUT2D eigenvalue weighted by molar-refractivity contribution is 0.669. The summed E-state index contributed by atoms with van der Waals surface area (Å²) in [5, 5.41) is 34.5. The molecule has 688 valence electrons. The lowest BCUT2D eigenvalue weighted by atomic mass is 9.83. The Morgan fingerprint density at radius 2 is 0.385 bits per heavy atom. The maximum atomic E-state index is 9.21. The van der Waals surface area contributed by atoms with Crippen molar-refractivity contribution in [3.05, 3.63) is 558 Å². The van der Waals surface area contributed by atoms with Crippen LogP contribution in [0.5, 0.6) is 0 Å². The van der Waals surface area contributed by atoms with Crippen LogP contribution in [0, 0.1) is 0 Å². The lowest BCUT2D eigenvalue weighted by Crippen LogP contribution is -1.92. The zero-order valence-corrected chi connectivity index (χ0v) is 80.3. The first kappa shape index (κ1) is 78.2. The summed E-state index contributed by atoms with van der Waals surface area (Å²) in [7, 11) is 0. The molecule has 0 saturated carbocycles. The topological polar surface area (TPSA) is 26.3 Å². The third-order valence-electron chi connectivity index (χ3n) is 30.0. The molecule has 0 atom stereocenters. The first-order valence-electron chi connectivity index (χ1n) is 54.4. The molecule has 0 aliphatic heterocycles. The van der Waals surface area contributed by atoms with Crippen molar-refractivity contribution >= 4 is 195 Å². The fourth-order valence-corrected chi connectivity index (χ4v) is 23.5. The third kappa shape index (κ3) is 14.8. The van der Waals surface area contributed by atoms with Gasteiger partial charge in [-0.15, -0.1) is 0 Å². The van der Waals surface area contributed by atoms with Crippen molar-refractivity contribution in [3.8, 4) is 100 Å². The number of benzene rings is 29. The third-order valence-corrected chi connectivity index (χ3v) is 30.0. The largest absolute Gasteiger partial charge is 0.456 e. The molecular weight excluding hydrogens is 1790 g/mol. The Morgan fingerprint density at radius 3 is 0.824 bits per heavy atom. The van der Waals surface area contributed by atoms with Crippen LogP contribution in [-0.2, 0) is 0 Å². The molecule has 2 heteroatoms. The van der Waals surface area contributed by atoms with Crippen LogP contribution >= 0.6 is 0 Å². The SMILES string of the molecule is [2H]c1c([2H])c([2H])c2c(-c3cccc4oc5cc6ccccc6cc5c34)c3c([2H])c([2H])c([2H])c([2H])c3c(-c3ccccc3)c2c1[2H].c1ccc(-c2c3ccccc3c(-c3cccc4oc5cc6ccccc6cc5c34)c3ccccc23)cc1.c1ccc(-c2ccc(-c3c4ccccc4c(-c4cccc5ccccc45)c4ccccc34)cc2)cc1.c1ccc2cc(-c3c4ccccc4c(-c4cc5ccccc5c5ccccc45)c4ccccc34)ccc2c1. The highest BCUT2D eigenvalue weighted by atomic mass is 16.3. The van der Waals surface area contributed by atoms with Gasteiger partial charge in [-0.2, -0.15) is 0 Å². The van der Waals surface area contributed by atoms with E-state index in [0.717, 1.165) is 32.7 Å². The molecule has 0 aliphatic carbocycles. The van der Waals surface area contributed by atoms with Crippen LogP contribution in [0.2, 0.25) is 0 Å². The number of hydrogen-bond acceptors (Lipinski definition) is 2. The van der Waals surface area contributed by atoms with E-state index in [9.17, 15) is 2.74 Å². The molecule has 2 heterocycles. The van der Waals surface area contributed by atoms with Crippen molar-refractivity contribution in [1.29, 1.82) is 0 Å². The van der Waals surface area contributed by atoms with Crippen LogP contribution in [0.1, 0.15) is 11.0 Å². The fraction of sp³-hybridized carbons (Fsp3) is 0. The van der Waals surface area contributed by atoms with Crippen LogP contribution < -0.4 is 0 Å². The Bertz CT molecular complexity index is 11000. The number of hydrogen-bond donors (Lipinski definition) is 0.